The molecule has 0 atom stereocenters. The average molecular weight is 261 g/mol. The van der Waals surface area contributed by atoms with Gasteiger partial charge in [-0.25, -0.2) is 9.97 Å². The number of benzene rings is 2. The zero-order chi connectivity index (χ0) is 12.7. The second kappa shape index (κ2) is 4.14. The van der Waals surface area contributed by atoms with Crippen LogP contribution in [0.3, 0.4) is 0 Å². The third-order valence-electron chi connectivity index (χ3n) is 3.17. The van der Waals surface area contributed by atoms with Gasteiger partial charge in [0.15, 0.2) is 5.82 Å². The van der Waals surface area contributed by atoms with Gasteiger partial charge in [0, 0.05) is 10.9 Å². The first-order valence-electron chi connectivity index (χ1n) is 6.03. The highest BCUT2D eigenvalue weighted by Gasteiger charge is 2.07. The molecule has 0 unspecified atom stereocenters. The van der Waals surface area contributed by atoms with Crippen molar-refractivity contribution in [3.8, 4) is 11.4 Å². The second-order valence-electron chi connectivity index (χ2n) is 4.33. The highest BCUT2D eigenvalue weighted by Crippen LogP contribution is 2.27. The van der Waals surface area contributed by atoms with Crippen molar-refractivity contribution in [3.05, 3.63) is 60.1 Å². The van der Waals surface area contributed by atoms with Crippen LogP contribution in [0.1, 0.15) is 0 Å². The number of fused-ring (bicyclic) bond motifs is 2. The third kappa shape index (κ3) is 1.71. The lowest BCUT2D eigenvalue weighted by atomic mass is 10.0. The molecule has 1 radical (unpaired) electrons. The Morgan fingerprint density at radius 1 is 0.947 bits per heavy atom. The molecule has 0 N–H and O–H groups in total. The van der Waals surface area contributed by atoms with Crippen LogP contribution in [-0.2, 0) is 0 Å². The maximum atomic E-state index is 4.63. The van der Waals surface area contributed by atoms with Crippen LogP contribution in [0.2, 0.25) is 0 Å². The molecule has 0 saturated heterocycles. The highest BCUT2D eigenvalue weighted by molar-refractivity contribution is 7.16. The molecule has 2 nitrogen and oxygen atoms in total. The number of thiophene rings is 1. The fourth-order valence-electron chi connectivity index (χ4n) is 2.25. The Morgan fingerprint density at radius 3 is 2.84 bits per heavy atom. The summed E-state index contributed by atoms with van der Waals surface area (Å²) >= 11 is 1.62. The highest BCUT2D eigenvalue weighted by atomic mass is 32.1. The predicted octanol–water partition coefficient (Wildman–Crippen LogP) is 4.31. The van der Waals surface area contributed by atoms with Gasteiger partial charge in [-0.05, 0) is 22.2 Å². The van der Waals surface area contributed by atoms with Gasteiger partial charge in [-0.1, -0.05) is 42.5 Å². The summed E-state index contributed by atoms with van der Waals surface area (Å²) in [5.41, 5.74) is 1.06. The van der Waals surface area contributed by atoms with Gasteiger partial charge >= 0.3 is 0 Å². The van der Waals surface area contributed by atoms with Gasteiger partial charge in [0.25, 0.3) is 0 Å². The molecule has 3 heteroatoms. The molecule has 89 valence electrons. The third-order valence-corrected chi connectivity index (χ3v) is 3.97. The van der Waals surface area contributed by atoms with Crippen molar-refractivity contribution in [2.75, 3.05) is 0 Å². The van der Waals surface area contributed by atoms with Gasteiger partial charge in [-0.15, -0.1) is 11.3 Å². The Balaban J connectivity index is 2.03. The zero-order valence-electron chi connectivity index (χ0n) is 10.00. The molecule has 0 amide bonds. The molecule has 19 heavy (non-hydrogen) atoms. The zero-order valence-corrected chi connectivity index (χ0v) is 10.8. The van der Waals surface area contributed by atoms with E-state index in [1.807, 2.05) is 29.6 Å². The van der Waals surface area contributed by atoms with Crippen molar-refractivity contribution in [2.45, 2.75) is 0 Å². The molecule has 4 rings (SSSR count). The number of hydrogen-bond donors (Lipinski definition) is 0. The lowest BCUT2D eigenvalue weighted by Gasteiger charge is -2.04. The van der Waals surface area contributed by atoms with Crippen LogP contribution in [0.15, 0.2) is 53.9 Å². The summed E-state index contributed by atoms with van der Waals surface area (Å²) in [5.74, 6) is 0.742. The Morgan fingerprint density at radius 2 is 1.84 bits per heavy atom. The van der Waals surface area contributed by atoms with Crippen molar-refractivity contribution >= 4 is 32.3 Å². The van der Waals surface area contributed by atoms with E-state index in [-0.39, 0.29) is 0 Å². The van der Waals surface area contributed by atoms with Crippen molar-refractivity contribution in [1.29, 1.82) is 0 Å². The van der Waals surface area contributed by atoms with Crippen molar-refractivity contribution in [1.82, 2.24) is 9.97 Å². The molecule has 0 bridgehead atoms. The lowest BCUT2D eigenvalue weighted by Crippen LogP contribution is -1.89. The van der Waals surface area contributed by atoms with Crippen LogP contribution in [0, 0.1) is 6.20 Å². The van der Waals surface area contributed by atoms with Crippen LogP contribution in [0.25, 0.3) is 32.4 Å². The topological polar surface area (TPSA) is 25.8 Å². The van der Waals surface area contributed by atoms with Gasteiger partial charge < -0.3 is 0 Å². The minimum absolute atomic E-state index is 0.742. The van der Waals surface area contributed by atoms with Crippen LogP contribution < -0.4 is 0 Å². The Labute approximate surface area is 114 Å². The van der Waals surface area contributed by atoms with Crippen LogP contribution in [-0.4, -0.2) is 9.97 Å². The number of rotatable bonds is 1. The first-order chi connectivity index (χ1) is 9.42. The van der Waals surface area contributed by atoms with E-state index in [9.17, 15) is 0 Å². The molecule has 2 aromatic heterocycles. The van der Waals surface area contributed by atoms with Crippen LogP contribution >= 0.6 is 11.3 Å². The van der Waals surface area contributed by atoms with E-state index in [1.165, 1.54) is 10.8 Å². The molecule has 0 saturated carbocycles. The minimum Gasteiger partial charge on any atom is -0.226 e. The normalized spacial score (nSPS) is 11.2. The summed E-state index contributed by atoms with van der Waals surface area (Å²) in [6.07, 6.45) is 3.06. The van der Waals surface area contributed by atoms with Gasteiger partial charge in [0.1, 0.15) is 11.0 Å². The molecule has 2 aromatic carbocycles. The molecular formula is C16H9N2S. The van der Waals surface area contributed by atoms with Gasteiger partial charge in [-0.3, -0.25) is 0 Å². The molecule has 0 aliphatic carbocycles. The van der Waals surface area contributed by atoms with Crippen LogP contribution in [0.5, 0.6) is 0 Å². The van der Waals surface area contributed by atoms with Crippen LogP contribution in [0.4, 0.5) is 0 Å². The Hall–Kier alpha value is -2.26. The van der Waals surface area contributed by atoms with Gasteiger partial charge in [0.05, 0.1) is 0 Å². The number of nitrogens with zero attached hydrogens (tertiary/aromatic N) is 2. The van der Waals surface area contributed by atoms with E-state index < -0.39 is 0 Å². The summed E-state index contributed by atoms with van der Waals surface area (Å²) in [6.45, 7) is 0. The van der Waals surface area contributed by atoms with Crippen molar-refractivity contribution < 1.29 is 0 Å². The summed E-state index contributed by atoms with van der Waals surface area (Å²) in [4.78, 5) is 9.99. The largest absolute Gasteiger partial charge is 0.226 e. The van der Waals surface area contributed by atoms with E-state index in [0.717, 1.165) is 21.6 Å². The minimum atomic E-state index is 0.742. The summed E-state index contributed by atoms with van der Waals surface area (Å²) in [6, 6.07) is 16.5. The van der Waals surface area contributed by atoms with E-state index in [1.54, 1.807) is 11.3 Å². The van der Waals surface area contributed by atoms with E-state index in [2.05, 4.69) is 40.4 Å². The lowest BCUT2D eigenvalue weighted by molar-refractivity contribution is 1.24. The Kier molecular flexibility index (Phi) is 2.32. The van der Waals surface area contributed by atoms with Crippen molar-refractivity contribution in [2.24, 2.45) is 0 Å². The molecule has 0 spiro atoms. The summed E-state index contributed by atoms with van der Waals surface area (Å²) in [5, 5.41) is 5.38. The fraction of sp³-hybridized carbons (Fsp3) is 0. The van der Waals surface area contributed by atoms with E-state index in [0.29, 0.717) is 0 Å². The standard InChI is InChI=1S/C16H9N2S/c1-2-6-13-11(4-1)5-3-7-14(13)15-17-10-12-8-9-19-16(12)18-15/h1-9H. The second-order valence-corrected chi connectivity index (χ2v) is 5.22. The molecule has 0 fully saturated rings. The summed E-state index contributed by atoms with van der Waals surface area (Å²) < 4.78 is 0. The SMILES string of the molecule is [c]1nc(-c2cccc3ccccc23)nc2sccc12. The fourth-order valence-corrected chi connectivity index (χ4v) is 2.96. The predicted molar refractivity (Wildman–Crippen MR) is 79.2 cm³/mol. The molecule has 4 aromatic rings. The molecular weight excluding hydrogens is 252 g/mol. The number of aromatic nitrogens is 2. The first kappa shape index (κ1) is 10.6. The first-order valence-corrected chi connectivity index (χ1v) is 6.91. The molecule has 2 heterocycles. The monoisotopic (exact) mass is 261 g/mol. The maximum absolute atomic E-state index is 4.63. The average Bonchev–Trinajstić information content (AvgIpc) is 2.94. The summed E-state index contributed by atoms with van der Waals surface area (Å²) in [7, 11) is 0. The van der Waals surface area contributed by atoms with Gasteiger partial charge in [-0.2, -0.15) is 0 Å². The maximum Gasteiger partial charge on any atom is 0.162 e. The van der Waals surface area contributed by atoms with Crippen molar-refractivity contribution in [3.63, 3.8) is 0 Å². The molecule has 0 aliphatic rings. The Bertz CT molecular complexity index is 875. The van der Waals surface area contributed by atoms with E-state index in [4.69, 9.17) is 0 Å². The smallest absolute Gasteiger partial charge is 0.162 e. The molecule has 0 aliphatic heterocycles. The quantitative estimate of drug-likeness (QED) is 0.510. The number of hydrogen-bond acceptors (Lipinski definition) is 3. The van der Waals surface area contributed by atoms with Gasteiger partial charge in [0.2, 0.25) is 0 Å². The van der Waals surface area contributed by atoms with E-state index >= 15 is 0 Å².